The zero-order valence-electron chi connectivity index (χ0n) is 13.7. The van der Waals surface area contributed by atoms with Crippen LogP contribution in [0.25, 0.3) is 11.4 Å². The van der Waals surface area contributed by atoms with Gasteiger partial charge in [-0.25, -0.2) is 9.97 Å². The predicted molar refractivity (Wildman–Crippen MR) is 96.2 cm³/mol. The van der Waals surface area contributed by atoms with Gasteiger partial charge in [-0.1, -0.05) is 13.8 Å². The second-order valence-electron chi connectivity index (χ2n) is 5.85. The first-order chi connectivity index (χ1) is 11.1. The van der Waals surface area contributed by atoms with Crippen LogP contribution in [0.5, 0.6) is 0 Å². The number of H-pyrrole nitrogens is 1. The number of nitrogens with zero attached hydrogens (tertiary/aromatic N) is 3. The van der Waals surface area contributed by atoms with Gasteiger partial charge in [-0.05, 0) is 25.5 Å². The van der Waals surface area contributed by atoms with Gasteiger partial charge in [0, 0.05) is 47.1 Å². The number of aromatic amines is 1. The molecule has 1 saturated heterocycles. The maximum absolute atomic E-state index is 11.7. The Labute approximate surface area is 140 Å². The largest absolute Gasteiger partial charge is 0.352 e. The lowest BCUT2D eigenvalue weighted by Crippen LogP contribution is -2.45. The number of pyridine rings is 1. The van der Waals surface area contributed by atoms with Crippen molar-refractivity contribution in [3.63, 3.8) is 0 Å². The quantitative estimate of drug-likeness (QED) is 0.937. The van der Waals surface area contributed by atoms with Crippen LogP contribution in [-0.4, -0.2) is 38.5 Å². The molecule has 0 aromatic carbocycles. The van der Waals surface area contributed by atoms with E-state index in [2.05, 4.69) is 33.7 Å². The average molecular weight is 330 g/mol. The molecule has 3 rings (SSSR count). The van der Waals surface area contributed by atoms with Crippen LogP contribution in [-0.2, 0) is 6.42 Å². The highest BCUT2D eigenvalue weighted by atomic mass is 32.2. The highest BCUT2D eigenvalue weighted by molar-refractivity contribution is 8.00. The van der Waals surface area contributed by atoms with E-state index in [0.29, 0.717) is 17.1 Å². The summed E-state index contributed by atoms with van der Waals surface area (Å²) in [6.07, 6.45) is 2.54. The molecule has 1 N–H and O–H groups in total. The van der Waals surface area contributed by atoms with Gasteiger partial charge in [0.15, 0.2) is 0 Å². The van der Waals surface area contributed by atoms with E-state index in [0.717, 1.165) is 35.8 Å². The summed E-state index contributed by atoms with van der Waals surface area (Å²) in [5.41, 5.74) is 1.52. The minimum Gasteiger partial charge on any atom is -0.352 e. The summed E-state index contributed by atoms with van der Waals surface area (Å²) >= 11 is 2.01. The van der Waals surface area contributed by atoms with Crippen LogP contribution in [0.15, 0.2) is 29.2 Å². The molecule has 0 saturated carbocycles. The first-order valence-electron chi connectivity index (χ1n) is 8.03. The summed E-state index contributed by atoms with van der Waals surface area (Å²) < 4.78 is 0. The van der Waals surface area contributed by atoms with Gasteiger partial charge in [0.2, 0.25) is 0 Å². The fraction of sp³-hybridized carbons (Fsp3) is 0.471. The fourth-order valence-electron chi connectivity index (χ4n) is 2.78. The van der Waals surface area contributed by atoms with Crippen LogP contribution >= 0.6 is 11.8 Å². The molecule has 3 heterocycles. The van der Waals surface area contributed by atoms with E-state index in [1.54, 1.807) is 12.3 Å². The van der Waals surface area contributed by atoms with Gasteiger partial charge in [0.25, 0.3) is 5.56 Å². The van der Waals surface area contributed by atoms with E-state index < -0.39 is 0 Å². The van der Waals surface area contributed by atoms with E-state index >= 15 is 0 Å². The minimum atomic E-state index is -0.119. The number of thioether (sulfide) groups is 1. The normalized spacial score (nSPS) is 21.4. The van der Waals surface area contributed by atoms with E-state index in [-0.39, 0.29) is 5.56 Å². The van der Waals surface area contributed by atoms with Crippen LogP contribution in [0.4, 0.5) is 5.82 Å². The van der Waals surface area contributed by atoms with Gasteiger partial charge < -0.3 is 9.88 Å². The van der Waals surface area contributed by atoms with E-state index in [1.165, 1.54) is 0 Å². The molecule has 2 atom stereocenters. The first kappa shape index (κ1) is 16.1. The van der Waals surface area contributed by atoms with Gasteiger partial charge in [-0.15, -0.1) is 0 Å². The second kappa shape index (κ2) is 6.74. The van der Waals surface area contributed by atoms with Crippen LogP contribution in [0.1, 0.15) is 26.5 Å². The Kier molecular flexibility index (Phi) is 4.71. The zero-order chi connectivity index (χ0) is 16.4. The summed E-state index contributed by atoms with van der Waals surface area (Å²) in [6.45, 7) is 7.52. The Morgan fingerprint density at radius 3 is 2.91 bits per heavy atom. The molecule has 2 aromatic rings. The van der Waals surface area contributed by atoms with Crippen molar-refractivity contribution in [2.75, 3.05) is 17.2 Å². The first-order valence-corrected chi connectivity index (χ1v) is 9.08. The standard InChI is InChI=1S/C17H22N4OS/c1-4-14-9-16(22)20-17(19-14)13-5-6-15(18-10-13)21-7-8-23-12(3)11(21)2/h5-6,9-12H,4,7-8H2,1-3H3,(H,19,20,22). The topological polar surface area (TPSA) is 61.9 Å². The lowest BCUT2D eigenvalue weighted by atomic mass is 10.2. The van der Waals surface area contributed by atoms with Crippen molar-refractivity contribution in [1.29, 1.82) is 0 Å². The third kappa shape index (κ3) is 3.42. The van der Waals surface area contributed by atoms with Gasteiger partial charge >= 0.3 is 0 Å². The molecule has 0 radical (unpaired) electrons. The summed E-state index contributed by atoms with van der Waals surface area (Å²) in [5, 5.41) is 0.601. The van der Waals surface area contributed by atoms with Crippen LogP contribution in [0.3, 0.4) is 0 Å². The summed E-state index contributed by atoms with van der Waals surface area (Å²) in [7, 11) is 0. The monoisotopic (exact) mass is 330 g/mol. The number of aromatic nitrogens is 3. The van der Waals surface area contributed by atoms with Crippen molar-refractivity contribution in [2.45, 2.75) is 38.5 Å². The van der Waals surface area contributed by atoms with Crippen molar-refractivity contribution >= 4 is 17.6 Å². The number of hydrogen-bond acceptors (Lipinski definition) is 5. The third-order valence-corrected chi connectivity index (χ3v) is 5.69. The molecule has 0 aliphatic carbocycles. The number of hydrogen-bond donors (Lipinski definition) is 1. The minimum absolute atomic E-state index is 0.119. The van der Waals surface area contributed by atoms with Gasteiger partial charge in [-0.3, -0.25) is 4.79 Å². The number of rotatable bonds is 3. The molecular weight excluding hydrogens is 308 g/mol. The summed E-state index contributed by atoms with van der Waals surface area (Å²) in [5.74, 6) is 2.70. The van der Waals surface area contributed by atoms with Crippen molar-refractivity contribution < 1.29 is 0 Å². The Hall–Kier alpha value is -1.82. The lowest BCUT2D eigenvalue weighted by Gasteiger charge is -2.38. The summed E-state index contributed by atoms with van der Waals surface area (Å²) in [4.78, 5) is 25.9. The number of nitrogens with one attached hydrogen (secondary N) is 1. The highest BCUT2D eigenvalue weighted by Gasteiger charge is 2.26. The maximum atomic E-state index is 11.7. The van der Waals surface area contributed by atoms with Crippen molar-refractivity contribution in [3.8, 4) is 11.4 Å². The van der Waals surface area contributed by atoms with E-state index in [9.17, 15) is 4.79 Å². The molecule has 1 fully saturated rings. The Morgan fingerprint density at radius 1 is 1.39 bits per heavy atom. The molecule has 1 aliphatic rings. The van der Waals surface area contributed by atoms with Gasteiger partial charge in [0.1, 0.15) is 11.6 Å². The Morgan fingerprint density at radius 2 is 2.22 bits per heavy atom. The molecule has 2 unspecified atom stereocenters. The second-order valence-corrected chi connectivity index (χ2v) is 7.34. The molecular formula is C17H22N4OS. The molecule has 0 amide bonds. The molecule has 1 aliphatic heterocycles. The average Bonchev–Trinajstić information content (AvgIpc) is 2.57. The van der Waals surface area contributed by atoms with Gasteiger partial charge in [0.05, 0.1) is 0 Å². The van der Waals surface area contributed by atoms with E-state index in [1.807, 2.05) is 30.8 Å². The highest BCUT2D eigenvalue weighted by Crippen LogP contribution is 2.28. The van der Waals surface area contributed by atoms with Gasteiger partial charge in [-0.2, -0.15) is 11.8 Å². The number of aryl methyl sites for hydroxylation is 1. The molecule has 0 bridgehead atoms. The van der Waals surface area contributed by atoms with Crippen molar-refractivity contribution in [1.82, 2.24) is 15.0 Å². The maximum Gasteiger partial charge on any atom is 0.251 e. The van der Waals surface area contributed by atoms with Crippen molar-refractivity contribution in [2.24, 2.45) is 0 Å². The predicted octanol–water partition coefficient (Wildman–Crippen LogP) is 2.72. The molecule has 122 valence electrons. The van der Waals surface area contributed by atoms with Crippen molar-refractivity contribution in [3.05, 3.63) is 40.4 Å². The summed E-state index contributed by atoms with van der Waals surface area (Å²) in [6, 6.07) is 6.01. The third-order valence-electron chi connectivity index (χ3n) is 4.36. The molecule has 23 heavy (non-hydrogen) atoms. The molecule has 2 aromatic heterocycles. The molecule has 6 heteroatoms. The van der Waals surface area contributed by atoms with Crippen LogP contribution in [0.2, 0.25) is 0 Å². The fourth-order valence-corrected chi connectivity index (χ4v) is 3.88. The van der Waals surface area contributed by atoms with Crippen LogP contribution < -0.4 is 10.5 Å². The van der Waals surface area contributed by atoms with Crippen LogP contribution in [0, 0.1) is 0 Å². The van der Waals surface area contributed by atoms with E-state index in [4.69, 9.17) is 0 Å². The SMILES string of the molecule is CCc1cc(=O)[nH]c(-c2ccc(N3CCSC(C)C3C)nc2)n1. The smallest absolute Gasteiger partial charge is 0.251 e. The Balaban J connectivity index is 1.87. The molecule has 5 nitrogen and oxygen atoms in total. The lowest BCUT2D eigenvalue weighted by molar-refractivity contribution is 0.620. The number of anilines is 1. The zero-order valence-corrected chi connectivity index (χ0v) is 14.6. The Bertz CT molecular complexity index is 728. The molecule has 0 spiro atoms.